The van der Waals surface area contributed by atoms with Gasteiger partial charge in [-0.05, 0) is 55.4 Å². The highest BCUT2D eigenvalue weighted by Crippen LogP contribution is 2.34. The van der Waals surface area contributed by atoms with Gasteiger partial charge in [-0.1, -0.05) is 25.1 Å². The number of nitrogens with zero attached hydrogens (tertiary/aromatic N) is 3. The van der Waals surface area contributed by atoms with Gasteiger partial charge < -0.3 is 29.0 Å². The van der Waals surface area contributed by atoms with Crippen LogP contribution in [-0.4, -0.2) is 78.6 Å². The number of aliphatic hydroxyl groups is 1. The first-order chi connectivity index (χ1) is 18.9. The van der Waals surface area contributed by atoms with Crippen LogP contribution >= 0.6 is 0 Å². The van der Waals surface area contributed by atoms with Gasteiger partial charge in [-0.2, -0.15) is 0 Å². The normalized spacial score (nSPS) is 19.2. The summed E-state index contributed by atoms with van der Waals surface area (Å²) in [6.45, 7) is 5.79. The summed E-state index contributed by atoms with van der Waals surface area (Å²) in [5, 5.41) is 9.95. The van der Waals surface area contributed by atoms with E-state index in [1.165, 1.54) is 0 Å². The highest BCUT2D eigenvalue weighted by Gasteiger charge is 2.34. The number of methoxy groups -OCH3 is 1. The maximum Gasteiger partial charge on any atom is 0.259 e. The first-order valence-corrected chi connectivity index (χ1v) is 13.2. The van der Waals surface area contributed by atoms with E-state index < -0.39 is 0 Å². The molecular formula is C30H35N3O6. The van der Waals surface area contributed by atoms with Gasteiger partial charge >= 0.3 is 0 Å². The molecule has 9 nitrogen and oxygen atoms in total. The topological polar surface area (TPSA) is 93.6 Å². The zero-order valence-electron chi connectivity index (χ0n) is 22.8. The SMILES string of the molecule is COc1cccc(-c2cnc3c(c2)C(=O)N([C@H](C)CO)C[C@H](C)[C@H](CN(C)Cc2ccc4c(c2)OCO4)O3)c1. The molecule has 0 unspecified atom stereocenters. The number of carbonyl (C=O) groups is 1. The van der Waals surface area contributed by atoms with Crippen LogP contribution in [0.4, 0.5) is 0 Å². The van der Waals surface area contributed by atoms with Crippen molar-refractivity contribution < 1.29 is 28.8 Å². The van der Waals surface area contributed by atoms with E-state index in [1.807, 2.05) is 62.5 Å². The van der Waals surface area contributed by atoms with E-state index in [4.69, 9.17) is 18.9 Å². The molecule has 39 heavy (non-hydrogen) atoms. The van der Waals surface area contributed by atoms with E-state index in [0.29, 0.717) is 31.1 Å². The second kappa shape index (κ2) is 11.5. The van der Waals surface area contributed by atoms with Crippen LogP contribution in [0.25, 0.3) is 11.1 Å². The molecule has 2 aliphatic rings. The number of carbonyl (C=O) groups excluding carboxylic acids is 1. The Morgan fingerprint density at radius 2 is 1.97 bits per heavy atom. The van der Waals surface area contributed by atoms with Gasteiger partial charge in [0.1, 0.15) is 17.4 Å². The smallest absolute Gasteiger partial charge is 0.259 e. The molecule has 0 spiro atoms. The number of hydrogen-bond donors (Lipinski definition) is 1. The molecule has 2 aliphatic heterocycles. The predicted octanol–water partition coefficient (Wildman–Crippen LogP) is 3.84. The number of aromatic nitrogens is 1. The zero-order chi connectivity index (χ0) is 27.5. The van der Waals surface area contributed by atoms with E-state index in [2.05, 4.69) is 16.8 Å². The van der Waals surface area contributed by atoms with Crippen LogP contribution in [0.5, 0.6) is 23.1 Å². The van der Waals surface area contributed by atoms with Gasteiger partial charge in [0.2, 0.25) is 12.7 Å². The Balaban J connectivity index is 1.42. The molecule has 0 radical (unpaired) electrons. The second-order valence-electron chi connectivity index (χ2n) is 10.3. The monoisotopic (exact) mass is 533 g/mol. The Hall–Kier alpha value is -3.82. The predicted molar refractivity (Wildman–Crippen MR) is 146 cm³/mol. The minimum atomic E-state index is -0.349. The summed E-state index contributed by atoms with van der Waals surface area (Å²) in [6.07, 6.45) is 1.49. The number of ether oxygens (including phenoxy) is 4. The molecule has 0 saturated heterocycles. The number of fused-ring (bicyclic) bond motifs is 2. The number of benzene rings is 2. The third-order valence-corrected chi connectivity index (χ3v) is 7.31. The molecule has 0 bridgehead atoms. The van der Waals surface area contributed by atoms with Gasteiger partial charge in [0.15, 0.2) is 11.5 Å². The maximum atomic E-state index is 13.7. The number of rotatable bonds is 8. The fraction of sp³-hybridized carbons (Fsp3) is 0.400. The largest absolute Gasteiger partial charge is 0.497 e. The van der Waals surface area contributed by atoms with E-state index >= 15 is 0 Å². The Morgan fingerprint density at radius 3 is 2.77 bits per heavy atom. The van der Waals surface area contributed by atoms with Crippen molar-refractivity contribution in [1.29, 1.82) is 0 Å². The van der Waals surface area contributed by atoms with Gasteiger partial charge in [-0.15, -0.1) is 0 Å². The van der Waals surface area contributed by atoms with Crippen LogP contribution in [0.2, 0.25) is 0 Å². The Morgan fingerprint density at radius 1 is 1.15 bits per heavy atom. The highest BCUT2D eigenvalue weighted by molar-refractivity contribution is 5.98. The minimum Gasteiger partial charge on any atom is -0.497 e. The second-order valence-corrected chi connectivity index (χ2v) is 10.3. The summed E-state index contributed by atoms with van der Waals surface area (Å²) < 4.78 is 22.8. The van der Waals surface area contributed by atoms with Crippen molar-refractivity contribution in [2.45, 2.75) is 32.5 Å². The first kappa shape index (κ1) is 26.8. The van der Waals surface area contributed by atoms with Crippen LogP contribution in [0.3, 0.4) is 0 Å². The van der Waals surface area contributed by atoms with Crippen molar-refractivity contribution in [3.8, 4) is 34.3 Å². The van der Waals surface area contributed by atoms with E-state index in [0.717, 1.165) is 33.9 Å². The standard InChI is InChI=1S/C30H35N3O6/c1-19-14-33(20(2)17-34)30(35)25-12-23(22-6-5-7-24(11-22)36-4)13-31-29(25)39-28(19)16-32(3)15-21-8-9-26-27(10-21)38-18-37-26/h5-13,19-20,28,34H,14-18H2,1-4H3/t19-,20+,28-/m0/s1. The first-order valence-electron chi connectivity index (χ1n) is 13.2. The molecule has 1 aromatic heterocycles. The summed E-state index contributed by atoms with van der Waals surface area (Å²) in [4.78, 5) is 22.3. The lowest BCUT2D eigenvalue weighted by Gasteiger charge is -2.37. The third-order valence-electron chi connectivity index (χ3n) is 7.31. The molecule has 3 atom stereocenters. The molecule has 0 saturated carbocycles. The van der Waals surface area contributed by atoms with Gasteiger partial charge in [-0.3, -0.25) is 9.69 Å². The lowest BCUT2D eigenvalue weighted by molar-refractivity contribution is 0.0325. The minimum absolute atomic E-state index is 0.00448. The molecule has 5 rings (SSSR count). The van der Waals surface area contributed by atoms with Crippen LogP contribution in [0.15, 0.2) is 54.7 Å². The molecule has 9 heteroatoms. The molecule has 0 fully saturated rings. The fourth-order valence-corrected chi connectivity index (χ4v) is 5.00. The lowest BCUT2D eigenvalue weighted by Crippen LogP contribution is -2.49. The van der Waals surface area contributed by atoms with Crippen molar-refractivity contribution >= 4 is 5.91 Å². The highest BCUT2D eigenvalue weighted by atomic mass is 16.7. The van der Waals surface area contributed by atoms with Gasteiger partial charge in [0.05, 0.1) is 19.8 Å². The summed E-state index contributed by atoms with van der Waals surface area (Å²) in [6, 6.07) is 15.1. The molecule has 3 heterocycles. The number of likely N-dealkylation sites (N-methyl/N-ethyl adjacent to an activating group) is 1. The third kappa shape index (κ3) is 5.79. The van der Waals surface area contributed by atoms with Crippen molar-refractivity contribution in [3.63, 3.8) is 0 Å². The van der Waals surface area contributed by atoms with Crippen molar-refractivity contribution in [1.82, 2.24) is 14.8 Å². The molecule has 3 aromatic rings. The van der Waals surface area contributed by atoms with Crippen molar-refractivity contribution in [2.75, 3.05) is 40.6 Å². The molecule has 2 aromatic carbocycles. The summed E-state index contributed by atoms with van der Waals surface area (Å²) in [7, 11) is 3.66. The van der Waals surface area contributed by atoms with Crippen LogP contribution in [0.1, 0.15) is 29.8 Å². The number of amides is 1. The molecule has 1 amide bonds. The Bertz CT molecular complexity index is 1330. The maximum absolute atomic E-state index is 13.7. The average molecular weight is 534 g/mol. The zero-order valence-corrected chi connectivity index (χ0v) is 22.8. The molecular weight excluding hydrogens is 498 g/mol. The lowest BCUT2D eigenvalue weighted by atomic mass is 9.99. The Kier molecular flexibility index (Phi) is 7.90. The van der Waals surface area contributed by atoms with Crippen LogP contribution < -0.4 is 18.9 Å². The molecule has 1 N–H and O–H groups in total. The summed E-state index contributed by atoms with van der Waals surface area (Å²) in [5.41, 5.74) is 3.15. The Labute approximate surface area is 228 Å². The van der Waals surface area contributed by atoms with Gasteiger partial charge in [0, 0.05) is 37.3 Å². The van der Waals surface area contributed by atoms with E-state index in [1.54, 1.807) is 18.2 Å². The van der Waals surface area contributed by atoms with E-state index in [-0.39, 0.29) is 37.4 Å². The van der Waals surface area contributed by atoms with Gasteiger partial charge in [-0.25, -0.2) is 4.98 Å². The van der Waals surface area contributed by atoms with E-state index in [9.17, 15) is 9.90 Å². The van der Waals surface area contributed by atoms with Crippen molar-refractivity contribution in [2.24, 2.45) is 5.92 Å². The fourth-order valence-electron chi connectivity index (χ4n) is 5.00. The quantitative estimate of drug-likeness (QED) is 0.467. The molecule has 0 aliphatic carbocycles. The number of aliphatic hydroxyl groups excluding tert-OH is 1. The average Bonchev–Trinajstić information content (AvgIpc) is 3.42. The number of pyridine rings is 1. The summed E-state index contributed by atoms with van der Waals surface area (Å²) >= 11 is 0. The molecule has 206 valence electrons. The van der Waals surface area contributed by atoms with Crippen molar-refractivity contribution in [3.05, 3.63) is 65.9 Å². The van der Waals surface area contributed by atoms with Gasteiger partial charge in [0.25, 0.3) is 5.91 Å². The number of hydrogen-bond acceptors (Lipinski definition) is 8. The van der Waals surface area contributed by atoms with Crippen LogP contribution in [-0.2, 0) is 6.54 Å². The van der Waals surface area contributed by atoms with Crippen LogP contribution in [0, 0.1) is 5.92 Å². The summed E-state index contributed by atoms with van der Waals surface area (Å²) in [5.74, 6) is 2.33.